The fourth-order valence-corrected chi connectivity index (χ4v) is 2.86. The summed E-state index contributed by atoms with van der Waals surface area (Å²) < 4.78 is 0. The quantitative estimate of drug-likeness (QED) is 0.308. The van der Waals surface area contributed by atoms with Crippen LogP contribution in [0.25, 0.3) is 0 Å². The van der Waals surface area contributed by atoms with Gasteiger partial charge >= 0.3 is 0 Å². The first-order valence-electron chi connectivity index (χ1n) is 7.77. The van der Waals surface area contributed by atoms with E-state index in [1.165, 1.54) is 5.69 Å². The summed E-state index contributed by atoms with van der Waals surface area (Å²) in [5.74, 6) is 0.570. The van der Waals surface area contributed by atoms with Gasteiger partial charge in [-0.2, -0.15) is 0 Å². The number of benzene rings is 1. The normalized spacial score (nSPS) is 15.0. The molecule has 1 fully saturated rings. The number of hydrogen-bond acceptors (Lipinski definition) is 3. The highest BCUT2D eigenvalue weighted by molar-refractivity contribution is 14.0. The summed E-state index contributed by atoms with van der Waals surface area (Å²) in [5.41, 5.74) is 8.29. The maximum Gasteiger partial charge on any atom is 0.191 e. The fourth-order valence-electron chi connectivity index (χ4n) is 2.62. The average molecular weight is 492 g/mol. The lowest BCUT2D eigenvalue weighted by atomic mass is 10.2. The Hall–Kier alpha value is -1.25. The van der Waals surface area contributed by atoms with E-state index in [4.69, 9.17) is 28.9 Å². The third-order valence-corrected chi connectivity index (χ3v) is 4.48. The van der Waals surface area contributed by atoms with Crippen molar-refractivity contribution >= 4 is 58.8 Å². The Morgan fingerprint density at radius 1 is 1.04 bits per heavy atom. The van der Waals surface area contributed by atoms with Crippen LogP contribution in [0.15, 0.2) is 47.6 Å². The minimum Gasteiger partial charge on any atom is -0.370 e. The second-order valence-corrected chi connectivity index (χ2v) is 6.44. The third-order valence-electron chi connectivity index (χ3n) is 4.01. The zero-order valence-electron chi connectivity index (χ0n) is 13.6. The second-order valence-electron chi connectivity index (χ2n) is 5.61. The van der Waals surface area contributed by atoms with Crippen molar-refractivity contribution in [1.29, 1.82) is 0 Å². The maximum atomic E-state index is 6.12. The van der Waals surface area contributed by atoms with Crippen LogP contribution in [0.4, 0.5) is 5.69 Å². The van der Waals surface area contributed by atoms with Crippen molar-refractivity contribution in [2.45, 2.75) is 6.54 Å². The van der Waals surface area contributed by atoms with Gasteiger partial charge in [-0.1, -0.05) is 29.3 Å². The average Bonchev–Trinajstić information content (AvgIpc) is 2.62. The number of aromatic nitrogens is 1. The van der Waals surface area contributed by atoms with Crippen LogP contribution < -0.4 is 10.6 Å². The van der Waals surface area contributed by atoms with E-state index in [9.17, 15) is 0 Å². The van der Waals surface area contributed by atoms with Gasteiger partial charge in [-0.25, -0.2) is 9.98 Å². The number of anilines is 1. The van der Waals surface area contributed by atoms with E-state index >= 15 is 0 Å². The zero-order chi connectivity index (χ0) is 16.9. The van der Waals surface area contributed by atoms with Gasteiger partial charge in [0.25, 0.3) is 0 Å². The summed E-state index contributed by atoms with van der Waals surface area (Å²) in [6.45, 7) is 4.00. The third kappa shape index (κ3) is 5.62. The van der Waals surface area contributed by atoms with Crippen LogP contribution in [0, 0.1) is 0 Å². The van der Waals surface area contributed by atoms with Crippen LogP contribution in [0.5, 0.6) is 0 Å². The smallest absolute Gasteiger partial charge is 0.191 e. The van der Waals surface area contributed by atoms with Crippen LogP contribution in [-0.4, -0.2) is 42.0 Å². The molecular formula is C17H20Cl2IN5. The van der Waals surface area contributed by atoms with Gasteiger partial charge < -0.3 is 15.5 Å². The Bertz CT molecular complexity index is 698. The van der Waals surface area contributed by atoms with Gasteiger partial charge in [0.05, 0.1) is 6.54 Å². The number of pyridine rings is 1. The van der Waals surface area contributed by atoms with E-state index < -0.39 is 0 Å². The maximum absolute atomic E-state index is 6.12. The van der Waals surface area contributed by atoms with Crippen molar-refractivity contribution in [1.82, 2.24) is 9.88 Å². The molecule has 0 aliphatic carbocycles. The molecular weight excluding hydrogens is 472 g/mol. The van der Waals surface area contributed by atoms with Gasteiger partial charge in [-0.05, 0) is 35.9 Å². The molecule has 0 atom stereocenters. The SMILES string of the molecule is I.NC(=NCc1ccc(Cl)nc1)N1CCN(c2ccc(Cl)cc2)CC1. The highest BCUT2D eigenvalue weighted by Crippen LogP contribution is 2.19. The van der Waals surface area contributed by atoms with Gasteiger partial charge in [-0.3, -0.25) is 0 Å². The molecule has 0 saturated carbocycles. The summed E-state index contributed by atoms with van der Waals surface area (Å²) >= 11 is 11.7. The molecule has 2 aromatic rings. The van der Waals surface area contributed by atoms with E-state index in [2.05, 4.69) is 19.8 Å². The molecule has 0 amide bonds. The number of nitrogens with zero attached hydrogens (tertiary/aromatic N) is 4. The molecule has 1 aromatic carbocycles. The van der Waals surface area contributed by atoms with E-state index in [1.807, 2.05) is 30.3 Å². The Morgan fingerprint density at radius 3 is 2.32 bits per heavy atom. The van der Waals surface area contributed by atoms with Crippen molar-refractivity contribution in [3.8, 4) is 0 Å². The van der Waals surface area contributed by atoms with Gasteiger partial charge in [0.1, 0.15) is 5.15 Å². The van der Waals surface area contributed by atoms with Gasteiger partial charge in [0.15, 0.2) is 5.96 Å². The summed E-state index contributed by atoms with van der Waals surface area (Å²) in [4.78, 5) is 12.9. The molecule has 3 rings (SSSR count). The first kappa shape index (κ1) is 20.1. The van der Waals surface area contributed by atoms with E-state index in [0.717, 1.165) is 36.8 Å². The van der Waals surface area contributed by atoms with E-state index in [0.29, 0.717) is 17.7 Å². The van der Waals surface area contributed by atoms with Gasteiger partial charge in [0, 0.05) is 43.1 Å². The minimum absolute atomic E-state index is 0. The van der Waals surface area contributed by atoms with Crippen LogP contribution in [0.1, 0.15) is 5.56 Å². The zero-order valence-corrected chi connectivity index (χ0v) is 17.4. The van der Waals surface area contributed by atoms with Gasteiger partial charge in [0.2, 0.25) is 0 Å². The van der Waals surface area contributed by atoms with Crippen LogP contribution in [0.2, 0.25) is 10.2 Å². The Morgan fingerprint density at radius 2 is 1.72 bits per heavy atom. The second kappa shape index (κ2) is 9.45. The molecule has 1 aromatic heterocycles. The molecule has 0 bridgehead atoms. The summed E-state index contributed by atoms with van der Waals surface area (Å²) in [6.07, 6.45) is 1.72. The summed E-state index contributed by atoms with van der Waals surface area (Å²) in [7, 11) is 0. The minimum atomic E-state index is 0. The summed E-state index contributed by atoms with van der Waals surface area (Å²) in [5, 5.41) is 1.24. The van der Waals surface area contributed by atoms with Gasteiger partial charge in [-0.15, -0.1) is 24.0 Å². The molecule has 1 aliphatic heterocycles. The first-order chi connectivity index (χ1) is 11.6. The number of halogens is 3. The van der Waals surface area contributed by atoms with E-state index in [-0.39, 0.29) is 24.0 Å². The van der Waals surface area contributed by atoms with Crippen LogP contribution in [0.3, 0.4) is 0 Å². The van der Waals surface area contributed by atoms with Crippen molar-refractivity contribution in [2.75, 3.05) is 31.1 Å². The van der Waals surface area contributed by atoms with Crippen molar-refractivity contribution in [3.05, 3.63) is 58.3 Å². The highest BCUT2D eigenvalue weighted by atomic mass is 127. The fraction of sp³-hybridized carbons (Fsp3) is 0.294. The standard InChI is InChI=1S/C17H19Cl2N5.HI/c18-14-2-4-15(5-3-14)23-7-9-24(10-8-23)17(20)22-12-13-1-6-16(19)21-11-13;/h1-6,11H,7-10,12H2,(H2,20,22);1H. The summed E-state index contributed by atoms with van der Waals surface area (Å²) in [6, 6.07) is 11.6. The number of piperazine rings is 1. The predicted octanol–water partition coefficient (Wildman–Crippen LogP) is 3.64. The first-order valence-corrected chi connectivity index (χ1v) is 8.53. The van der Waals surface area contributed by atoms with Crippen molar-refractivity contribution in [2.24, 2.45) is 10.7 Å². The molecule has 0 radical (unpaired) electrons. The highest BCUT2D eigenvalue weighted by Gasteiger charge is 2.18. The monoisotopic (exact) mass is 491 g/mol. The lowest BCUT2D eigenvalue weighted by Gasteiger charge is -2.36. The van der Waals surface area contributed by atoms with Crippen molar-refractivity contribution in [3.63, 3.8) is 0 Å². The molecule has 0 spiro atoms. The Balaban J connectivity index is 0.00000225. The Labute approximate surface area is 174 Å². The molecule has 2 N–H and O–H groups in total. The van der Waals surface area contributed by atoms with Crippen LogP contribution in [-0.2, 0) is 6.54 Å². The molecule has 0 unspecified atom stereocenters. The largest absolute Gasteiger partial charge is 0.370 e. The number of aliphatic imine (C=N–C) groups is 1. The number of hydrogen-bond donors (Lipinski definition) is 1. The molecule has 8 heteroatoms. The number of rotatable bonds is 3. The molecule has 25 heavy (non-hydrogen) atoms. The lowest BCUT2D eigenvalue weighted by Crippen LogP contribution is -2.51. The van der Waals surface area contributed by atoms with Crippen molar-refractivity contribution < 1.29 is 0 Å². The predicted molar refractivity (Wildman–Crippen MR) is 115 cm³/mol. The Kier molecular flexibility index (Phi) is 7.58. The molecule has 5 nitrogen and oxygen atoms in total. The number of guanidine groups is 1. The lowest BCUT2D eigenvalue weighted by molar-refractivity contribution is 0.380. The molecule has 134 valence electrons. The topological polar surface area (TPSA) is 57.8 Å². The van der Waals surface area contributed by atoms with E-state index in [1.54, 1.807) is 12.3 Å². The van der Waals surface area contributed by atoms with Crippen LogP contribution >= 0.6 is 47.2 Å². The molecule has 1 saturated heterocycles. The molecule has 2 heterocycles. The molecule has 1 aliphatic rings. The number of nitrogens with two attached hydrogens (primary N) is 1.